The molecule has 68 valence electrons. The average Bonchev–Trinajstić information content (AvgIpc) is 2.32. The van der Waals surface area contributed by atoms with E-state index in [4.69, 9.17) is 11.6 Å². The number of carbonyl (C=O) groups excluding carboxylic acids is 1. The molecule has 0 bridgehead atoms. The maximum absolute atomic E-state index is 11.6. The van der Waals surface area contributed by atoms with Crippen LogP contribution in [0.15, 0.2) is 16.6 Å². The molecule has 1 aromatic carbocycles. The standard InChI is InChI=1S/C10H8BrClO/c1-5-2-7-8(10(5)13)3-6(12)4-9(7)11/h3-5H,2H2,1H3/t5-/m1/s1. The van der Waals surface area contributed by atoms with Crippen molar-refractivity contribution in [2.45, 2.75) is 13.3 Å². The fraction of sp³-hybridized carbons (Fsp3) is 0.300. The Labute approximate surface area is 90.2 Å². The summed E-state index contributed by atoms with van der Waals surface area (Å²) in [6, 6.07) is 3.60. The lowest BCUT2D eigenvalue weighted by molar-refractivity contribution is 0.0946. The molecule has 0 saturated carbocycles. The molecule has 0 fully saturated rings. The number of Topliss-reactive ketones (excluding diaryl/α,β-unsaturated/α-hetero) is 1. The molecule has 0 radical (unpaired) electrons. The van der Waals surface area contributed by atoms with Crippen LogP contribution < -0.4 is 0 Å². The molecule has 0 aromatic heterocycles. The predicted octanol–water partition coefficient (Wildman–Crippen LogP) is 3.48. The van der Waals surface area contributed by atoms with Crippen molar-refractivity contribution in [3.63, 3.8) is 0 Å². The Bertz CT molecular complexity index is 387. The van der Waals surface area contributed by atoms with E-state index in [1.165, 1.54) is 0 Å². The summed E-state index contributed by atoms with van der Waals surface area (Å²) in [6.45, 7) is 1.95. The molecule has 1 atom stereocenters. The van der Waals surface area contributed by atoms with E-state index in [-0.39, 0.29) is 11.7 Å². The van der Waals surface area contributed by atoms with Crippen LogP contribution in [-0.2, 0) is 6.42 Å². The van der Waals surface area contributed by atoms with Gasteiger partial charge in [-0.15, -0.1) is 0 Å². The molecule has 1 aromatic rings. The van der Waals surface area contributed by atoms with E-state index in [9.17, 15) is 4.79 Å². The fourth-order valence-corrected chi connectivity index (χ4v) is 2.67. The van der Waals surface area contributed by atoms with Gasteiger partial charge in [0.2, 0.25) is 0 Å². The maximum atomic E-state index is 11.6. The molecule has 1 aliphatic carbocycles. The van der Waals surface area contributed by atoms with Crippen LogP contribution in [0, 0.1) is 5.92 Å². The number of fused-ring (bicyclic) bond motifs is 1. The molecule has 0 N–H and O–H groups in total. The number of hydrogen-bond donors (Lipinski definition) is 0. The summed E-state index contributed by atoms with van der Waals surface area (Å²) in [6.07, 6.45) is 0.825. The van der Waals surface area contributed by atoms with Crippen molar-refractivity contribution in [3.05, 3.63) is 32.8 Å². The highest BCUT2D eigenvalue weighted by Gasteiger charge is 2.28. The largest absolute Gasteiger partial charge is 0.294 e. The first-order chi connectivity index (χ1) is 6.09. The van der Waals surface area contributed by atoms with E-state index in [0.29, 0.717) is 5.02 Å². The summed E-state index contributed by atoms with van der Waals surface area (Å²) >= 11 is 9.28. The highest BCUT2D eigenvalue weighted by molar-refractivity contribution is 9.10. The second-order valence-electron chi connectivity index (χ2n) is 3.38. The van der Waals surface area contributed by atoms with E-state index in [1.54, 1.807) is 6.07 Å². The van der Waals surface area contributed by atoms with Crippen molar-refractivity contribution < 1.29 is 4.79 Å². The summed E-state index contributed by atoms with van der Waals surface area (Å²) in [4.78, 5) is 11.6. The van der Waals surface area contributed by atoms with E-state index >= 15 is 0 Å². The van der Waals surface area contributed by atoms with Crippen molar-refractivity contribution in [1.82, 2.24) is 0 Å². The van der Waals surface area contributed by atoms with Gasteiger partial charge in [-0.05, 0) is 24.1 Å². The van der Waals surface area contributed by atoms with Crippen LogP contribution in [0.4, 0.5) is 0 Å². The summed E-state index contributed by atoms with van der Waals surface area (Å²) in [7, 11) is 0. The first-order valence-electron chi connectivity index (χ1n) is 4.11. The molecule has 0 amide bonds. The quantitative estimate of drug-likeness (QED) is 0.697. The van der Waals surface area contributed by atoms with Gasteiger partial charge in [0.1, 0.15) is 0 Å². The van der Waals surface area contributed by atoms with Crippen LogP contribution in [-0.4, -0.2) is 5.78 Å². The topological polar surface area (TPSA) is 17.1 Å². The zero-order chi connectivity index (χ0) is 9.59. The van der Waals surface area contributed by atoms with Crippen molar-refractivity contribution in [2.75, 3.05) is 0 Å². The first-order valence-corrected chi connectivity index (χ1v) is 5.29. The minimum atomic E-state index is 0.102. The Morgan fingerprint density at radius 1 is 1.54 bits per heavy atom. The highest BCUT2D eigenvalue weighted by atomic mass is 79.9. The number of rotatable bonds is 0. The maximum Gasteiger partial charge on any atom is 0.166 e. The second kappa shape index (κ2) is 3.10. The normalized spacial score (nSPS) is 20.5. The summed E-state index contributed by atoms with van der Waals surface area (Å²) < 4.78 is 0.952. The van der Waals surface area contributed by atoms with Crippen LogP contribution >= 0.6 is 27.5 Å². The summed E-state index contributed by atoms with van der Waals surface area (Å²) in [5.74, 6) is 0.308. The molecular formula is C10H8BrClO. The SMILES string of the molecule is C[C@@H]1Cc2c(Br)cc(Cl)cc2C1=O. The van der Waals surface area contributed by atoms with Crippen molar-refractivity contribution in [1.29, 1.82) is 0 Å². The van der Waals surface area contributed by atoms with Crippen LogP contribution in [0.5, 0.6) is 0 Å². The van der Waals surface area contributed by atoms with Crippen molar-refractivity contribution in [3.8, 4) is 0 Å². The number of hydrogen-bond acceptors (Lipinski definition) is 1. The van der Waals surface area contributed by atoms with Gasteiger partial charge in [0.15, 0.2) is 5.78 Å². The number of ketones is 1. The zero-order valence-electron chi connectivity index (χ0n) is 7.10. The molecule has 1 nitrogen and oxygen atoms in total. The molecule has 0 heterocycles. The lowest BCUT2D eigenvalue weighted by Gasteiger charge is -2.00. The number of halogens is 2. The molecular weight excluding hydrogens is 251 g/mol. The van der Waals surface area contributed by atoms with Crippen LogP contribution in [0.3, 0.4) is 0 Å². The van der Waals surface area contributed by atoms with Crippen LogP contribution in [0.1, 0.15) is 22.8 Å². The third-order valence-corrected chi connectivity index (χ3v) is 3.31. The van der Waals surface area contributed by atoms with Gasteiger partial charge in [0.25, 0.3) is 0 Å². The second-order valence-corrected chi connectivity index (χ2v) is 4.67. The van der Waals surface area contributed by atoms with Gasteiger partial charge in [-0.2, -0.15) is 0 Å². The van der Waals surface area contributed by atoms with Crippen LogP contribution in [0.25, 0.3) is 0 Å². The molecule has 0 saturated heterocycles. The Morgan fingerprint density at radius 3 is 2.92 bits per heavy atom. The van der Waals surface area contributed by atoms with Gasteiger partial charge in [0.05, 0.1) is 0 Å². The highest BCUT2D eigenvalue weighted by Crippen LogP contribution is 2.34. The predicted molar refractivity (Wildman–Crippen MR) is 56.4 cm³/mol. The smallest absolute Gasteiger partial charge is 0.166 e. The third kappa shape index (κ3) is 1.42. The van der Waals surface area contributed by atoms with E-state index < -0.39 is 0 Å². The summed E-state index contributed by atoms with van der Waals surface area (Å²) in [5, 5.41) is 0.619. The van der Waals surface area contributed by atoms with E-state index in [1.807, 2.05) is 13.0 Å². The van der Waals surface area contributed by atoms with Gasteiger partial charge in [-0.25, -0.2) is 0 Å². The van der Waals surface area contributed by atoms with E-state index in [0.717, 1.165) is 22.0 Å². The lowest BCUT2D eigenvalue weighted by Crippen LogP contribution is -2.02. The molecule has 2 rings (SSSR count). The Morgan fingerprint density at radius 2 is 2.23 bits per heavy atom. The molecule has 0 spiro atoms. The summed E-state index contributed by atoms with van der Waals surface area (Å²) in [5.41, 5.74) is 1.88. The van der Waals surface area contributed by atoms with Gasteiger partial charge in [-0.3, -0.25) is 4.79 Å². The van der Waals surface area contributed by atoms with Gasteiger partial charge < -0.3 is 0 Å². The molecule has 0 unspecified atom stereocenters. The van der Waals surface area contributed by atoms with E-state index in [2.05, 4.69) is 15.9 Å². The molecule has 3 heteroatoms. The number of carbonyl (C=O) groups is 1. The first kappa shape index (κ1) is 9.22. The van der Waals surface area contributed by atoms with Crippen molar-refractivity contribution >= 4 is 33.3 Å². The average molecular weight is 260 g/mol. The Kier molecular flexibility index (Phi) is 2.20. The molecule has 13 heavy (non-hydrogen) atoms. The van der Waals surface area contributed by atoms with Gasteiger partial charge >= 0.3 is 0 Å². The van der Waals surface area contributed by atoms with Crippen molar-refractivity contribution in [2.24, 2.45) is 5.92 Å². The van der Waals surface area contributed by atoms with Gasteiger partial charge in [-0.1, -0.05) is 34.5 Å². The number of benzene rings is 1. The Balaban J connectivity index is 2.64. The Hall–Kier alpha value is -0.340. The van der Waals surface area contributed by atoms with Gasteiger partial charge in [0, 0.05) is 21.0 Å². The lowest BCUT2D eigenvalue weighted by atomic mass is 10.1. The monoisotopic (exact) mass is 258 g/mol. The molecule has 0 aliphatic heterocycles. The molecule has 1 aliphatic rings. The third-order valence-electron chi connectivity index (χ3n) is 2.38. The zero-order valence-corrected chi connectivity index (χ0v) is 9.45. The van der Waals surface area contributed by atoms with Crippen LogP contribution in [0.2, 0.25) is 5.02 Å². The minimum absolute atomic E-state index is 0.102. The minimum Gasteiger partial charge on any atom is -0.294 e. The fourth-order valence-electron chi connectivity index (χ4n) is 1.70.